The van der Waals surface area contributed by atoms with Crippen LogP contribution in [0.5, 0.6) is 0 Å². The second-order valence-electron chi connectivity index (χ2n) is 21.1. The highest BCUT2D eigenvalue weighted by Gasteiger charge is 2.53. The highest BCUT2D eigenvalue weighted by atomic mass is 16.6. The van der Waals surface area contributed by atoms with Crippen molar-refractivity contribution in [1.29, 1.82) is 0 Å². The predicted molar refractivity (Wildman–Crippen MR) is 277 cm³/mol. The Morgan fingerprint density at radius 1 is 0.904 bits per heavy atom. The molecule has 15 atom stereocenters. The van der Waals surface area contributed by atoms with E-state index in [-0.39, 0.29) is 67.1 Å². The number of aliphatic hydroxyl groups excluding tert-OH is 2. The van der Waals surface area contributed by atoms with Crippen LogP contribution in [0.4, 0.5) is 0 Å². The highest BCUT2D eigenvalue weighted by molar-refractivity contribution is 6.39. The Morgan fingerprint density at radius 3 is 2.27 bits per heavy atom. The molecule has 3 N–H and O–H groups in total. The molecule has 15 nitrogen and oxygen atoms in total. The highest BCUT2D eigenvalue weighted by Crippen LogP contribution is 2.38. The van der Waals surface area contributed by atoms with E-state index in [2.05, 4.69) is 0 Å². The largest absolute Gasteiger partial charge is 0.460 e. The van der Waals surface area contributed by atoms with Gasteiger partial charge in [-0.3, -0.25) is 19.2 Å². The van der Waals surface area contributed by atoms with Crippen LogP contribution in [0.2, 0.25) is 0 Å². The Morgan fingerprint density at radius 2 is 1.62 bits per heavy atom. The monoisotopic (exact) mass is 1020 g/mol. The van der Waals surface area contributed by atoms with Crippen LogP contribution in [0.25, 0.3) is 0 Å². The molecule has 2 saturated heterocycles. The van der Waals surface area contributed by atoms with Crippen LogP contribution >= 0.6 is 0 Å². The number of nitrogens with zero attached hydrogens (tertiary/aromatic N) is 1. The molecule has 1 amide bonds. The lowest BCUT2D eigenvalue weighted by molar-refractivity contribution is -0.265. The Labute approximate surface area is 433 Å². The van der Waals surface area contributed by atoms with Gasteiger partial charge in [0.1, 0.15) is 30.6 Å². The number of carbonyl (C=O) groups is 6. The molecular formula is C58H85NO14. The van der Waals surface area contributed by atoms with E-state index in [0.29, 0.717) is 62.5 Å². The predicted octanol–water partition coefficient (Wildman–Crippen LogP) is 7.74. The van der Waals surface area contributed by atoms with Gasteiger partial charge in [-0.2, -0.15) is 0 Å². The Hall–Kier alpha value is -4.48. The maximum Gasteiger partial charge on any atom is 0.329 e. The first-order chi connectivity index (χ1) is 34.7. The minimum Gasteiger partial charge on any atom is -0.460 e. The first kappa shape index (κ1) is 61.1. The molecule has 0 spiro atoms. The minimum atomic E-state index is -2.46. The first-order valence-corrected chi connectivity index (χ1v) is 26.4. The summed E-state index contributed by atoms with van der Waals surface area (Å²) in [6, 6.07) is 7.85. The van der Waals surface area contributed by atoms with Gasteiger partial charge in [-0.1, -0.05) is 101 Å². The number of aliphatic hydroxyl groups is 3. The van der Waals surface area contributed by atoms with Crippen molar-refractivity contribution in [2.45, 2.75) is 180 Å². The van der Waals surface area contributed by atoms with Crippen molar-refractivity contribution in [1.82, 2.24) is 4.90 Å². The van der Waals surface area contributed by atoms with Crippen molar-refractivity contribution in [3.05, 3.63) is 83.5 Å². The molecule has 1 aliphatic carbocycles. The summed E-state index contributed by atoms with van der Waals surface area (Å²) in [5.41, 5.74) is 1.85. The van der Waals surface area contributed by atoms with E-state index >= 15 is 0 Å². The Kier molecular flexibility index (Phi) is 24.7. The number of Topliss-reactive ketones (excluding diaryl/α,β-unsaturated/α-hetero) is 3. The van der Waals surface area contributed by atoms with Gasteiger partial charge in [0.15, 0.2) is 11.6 Å². The van der Waals surface area contributed by atoms with E-state index in [4.69, 9.17) is 23.7 Å². The van der Waals surface area contributed by atoms with E-state index in [0.717, 1.165) is 18.3 Å². The average Bonchev–Trinajstić information content (AvgIpc) is 3.38. The molecule has 0 bridgehead atoms. The Bertz CT molecular complexity index is 2100. The average molecular weight is 1020 g/mol. The molecule has 73 heavy (non-hydrogen) atoms. The summed E-state index contributed by atoms with van der Waals surface area (Å²) >= 11 is 0. The van der Waals surface area contributed by atoms with E-state index in [1.54, 1.807) is 65.3 Å². The van der Waals surface area contributed by atoms with Crippen molar-refractivity contribution in [2.24, 2.45) is 35.5 Å². The normalized spacial score (nSPS) is 27.6. The number of hydrogen-bond donors (Lipinski definition) is 3. The SMILES string of the molecule is COC(C(=O)[C@H](C)C[C@H](C)C=CC=CC=C(C)[C@H](C[C@@H]1CC[C@@H](C)[C@](O)(C(=O)C(=O)N2CCCC[C@H]2C(=O)OC(CC(=O)C(C)=CC(C)C=O)[C@H](C)C[C@@H]2CC[C@@H](O)[C@H](OC)C2)O1)OC)C(O)c1ccccc1. The summed E-state index contributed by atoms with van der Waals surface area (Å²) in [7, 11) is 4.56. The number of piperidine rings is 1. The fraction of sp³-hybridized carbons (Fsp3) is 0.655. The van der Waals surface area contributed by atoms with Crippen LogP contribution < -0.4 is 0 Å². The van der Waals surface area contributed by atoms with Crippen molar-refractivity contribution in [3.63, 3.8) is 0 Å². The van der Waals surface area contributed by atoms with Gasteiger partial charge < -0.3 is 48.7 Å². The lowest BCUT2D eigenvalue weighted by Gasteiger charge is -2.42. The van der Waals surface area contributed by atoms with Gasteiger partial charge in [0, 0.05) is 58.5 Å². The molecular weight excluding hydrogens is 935 g/mol. The van der Waals surface area contributed by atoms with E-state index in [1.165, 1.54) is 12.0 Å². The van der Waals surface area contributed by atoms with Crippen LogP contribution in [0.15, 0.2) is 77.9 Å². The number of amides is 1. The standard InChI is InChI=1S/C58H85NO14/c1-36(29-41(6)52(63)54(71-10)53(64)44-21-15-12-16-22-44)19-13-11-14-20-38(3)49(69-8)33-45-26-24-42(7)58(68,73-45)55(65)56(66)59-28-18-17-23-46(59)57(67)72-50(34-48(62)39(4)30-37(2)35-60)40(5)31-43-25-27-47(61)51(32-43)70-9/h11-16,19-22,30,35-37,40-43,45-47,49-51,53-54,61,64,68H,17-18,23-29,31-34H2,1-10H3/t36-,37?,40-,41-,42-,43+,45+,46+,47-,49+,50?,51-,53?,54?,58-/m1/s1. The maximum absolute atomic E-state index is 14.3. The van der Waals surface area contributed by atoms with Gasteiger partial charge in [0.05, 0.1) is 24.4 Å². The zero-order valence-corrected chi connectivity index (χ0v) is 45.0. The van der Waals surface area contributed by atoms with E-state index in [9.17, 15) is 44.1 Å². The molecule has 2 aliphatic heterocycles. The summed E-state index contributed by atoms with van der Waals surface area (Å²) in [6.07, 6.45) is 12.3. The van der Waals surface area contributed by atoms with Crippen LogP contribution in [0.1, 0.15) is 137 Å². The fourth-order valence-corrected chi connectivity index (χ4v) is 10.6. The zero-order valence-electron chi connectivity index (χ0n) is 45.0. The molecule has 1 aromatic rings. The van der Waals surface area contributed by atoms with Gasteiger partial charge in [-0.15, -0.1) is 0 Å². The molecule has 1 aromatic carbocycles. The minimum absolute atomic E-state index is 0.0557. The second kappa shape index (κ2) is 29.6. The van der Waals surface area contributed by atoms with Crippen LogP contribution in [0, 0.1) is 35.5 Å². The topological polar surface area (TPSA) is 212 Å². The molecule has 3 aliphatic rings. The summed E-state index contributed by atoms with van der Waals surface area (Å²) in [6.45, 7) is 12.7. The third kappa shape index (κ3) is 17.3. The Balaban J connectivity index is 1.40. The molecule has 0 radical (unpaired) electrons. The first-order valence-electron chi connectivity index (χ1n) is 26.4. The molecule has 1 saturated carbocycles. The number of ether oxygens (including phenoxy) is 5. The lowest BCUT2D eigenvalue weighted by atomic mass is 9.78. The number of allylic oxidation sites excluding steroid dienone is 7. The van der Waals surface area contributed by atoms with E-state index in [1.807, 2.05) is 64.1 Å². The lowest BCUT2D eigenvalue weighted by Crippen LogP contribution is -2.61. The number of rotatable bonds is 27. The molecule has 4 unspecified atom stereocenters. The number of ketones is 3. The van der Waals surface area contributed by atoms with Crippen molar-refractivity contribution in [3.8, 4) is 0 Å². The third-order valence-electron chi connectivity index (χ3n) is 15.3. The number of hydrogen-bond acceptors (Lipinski definition) is 14. The maximum atomic E-state index is 14.3. The van der Waals surface area contributed by atoms with Gasteiger partial charge >= 0.3 is 5.97 Å². The molecule has 0 aromatic heterocycles. The summed E-state index contributed by atoms with van der Waals surface area (Å²) < 4.78 is 29.2. The quantitative estimate of drug-likeness (QED) is 0.0253. The number of aldehydes is 1. The van der Waals surface area contributed by atoms with E-state index < -0.39 is 77.9 Å². The summed E-state index contributed by atoms with van der Waals surface area (Å²) in [4.78, 5) is 82.1. The molecule has 3 fully saturated rings. The van der Waals surface area contributed by atoms with Gasteiger partial charge in [0.2, 0.25) is 5.79 Å². The summed E-state index contributed by atoms with van der Waals surface area (Å²) in [5, 5.41) is 33.2. The van der Waals surface area contributed by atoms with Crippen molar-refractivity contribution >= 4 is 35.5 Å². The van der Waals surface area contributed by atoms with Gasteiger partial charge in [0.25, 0.3) is 11.7 Å². The molecule has 4 rings (SSSR count). The van der Waals surface area contributed by atoms with Crippen LogP contribution in [-0.4, -0.2) is 132 Å². The van der Waals surface area contributed by atoms with Gasteiger partial charge in [-0.25, -0.2) is 4.79 Å². The molecule has 2 heterocycles. The summed E-state index contributed by atoms with van der Waals surface area (Å²) in [5.74, 6) is -7.54. The van der Waals surface area contributed by atoms with Crippen molar-refractivity contribution in [2.75, 3.05) is 27.9 Å². The molecule has 15 heteroatoms. The smallest absolute Gasteiger partial charge is 0.329 e. The second-order valence-corrected chi connectivity index (χ2v) is 21.1. The number of benzene rings is 1. The zero-order chi connectivity index (χ0) is 54.0. The van der Waals surface area contributed by atoms with Crippen LogP contribution in [0.3, 0.4) is 0 Å². The van der Waals surface area contributed by atoms with Crippen LogP contribution in [-0.2, 0) is 52.5 Å². The van der Waals surface area contributed by atoms with Gasteiger partial charge in [-0.05, 0) is 113 Å². The number of carbonyl (C=O) groups excluding carboxylic acids is 6. The number of likely N-dealkylation sites (tertiary alicyclic amines) is 1. The number of esters is 1. The number of methoxy groups -OCH3 is 3. The fourth-order valence-electron chi connectivity index (χ4n) is 10.6. The van der Waals surface area contributed by atoms with Crippen molar-refractivity contribution < 1.29 is 67.8 Å². The third-order valence-corrected chi connectivity index (χ3v) is 15.3. The molecule has 406 valence electrons.